The third-order valence-corrected chi connectivity index (χ3v) is 5.10. The van der Waals surface area contributed by atoms with Gasteiger partial charge in [-0.25, -0.2) is 0 Å². The molecule has 0 saturated carbocycles. The summed E-state index contributed by atoms with van der Waals surface area (Å²) in [6.45, 7) is 0.0396. The van der Waals surface area contributed by atoms with Crippen molar-refractivity contribution in [2.45, 2.75) is 6.10 Å². The molecule has 1 amide bonds. The molecule has 1 N–H and O–H groups in total. The van der Waals surface area contributed by atoms with Crippen LogP contribution in [0, 0.1) is 0 Å². The van der Waals surface area contributed by atoms with E-state index in [2.05, 4.69) is 23.5 Å². The number of ether oxygens (including phenoxy) is 3. The first-order valence-electron chi connectivity index (χ1n) is 9.39. The summed E-state index contributed by atoms with van der Waals surface area (Å²) in [5, 5.41) is 2.88. The predicted octanol–water partition coefficient (Wildman–Crippen LogP) is 4.70. The highest BCUT2D eigenvalue weighted by molar-refractivity contribution is 5.97. The van der Waals surface area contributed by atoms with Crippen LogP contribution in [-0.2, 0) is 4.79 Å². The topological polar surface area (TPSA) is 56.8 Å². The summed E-state index contributed by atoms with van der Waals surface area (Å²) in [5.41, 5.74) is 4.63. The molecule has 3 aromatic carbocycles. The molecule has 0 fully saturated rings. The summed E-state index contributed by atoms with van der Waals surface area (Å²) >= 11 is 0. The van der Waals surface area contributed by atoms with Crippen molar-refractivity contribution in [2.24, 2.45) is 0 Å². The highest BCUT2D eigenvalue weighted by Gasteiger charge is 2.27. The lowest BCUT2D eigenvalue weighted by atomic mass is 9.90. The fourth-order valence-corrected chi connectivity index (χ4v) is 3.68. The minimum Gasteiger partial charge on any atom is -0.497 e. The normalized spacial score (nSPS) is 17.1. The van der Waals surface area contributed by atoms with Crippen molar-refractivity contribution in [3.63, 3.8) is 0 Å². The van der Waals surface area contributed by atoms with Gasteiger partial charge in [0.2, 0.25) is 0 Å². The Labute approximate surface area is 168 Å². The Morgan fingerprint density at radius 3 is 2.66 bits per heavy atom. The molecule has 0 saturated heterocycles. The lowest BCUT2D eigenvalue weighted by molar-refractivity contribution is -0.118. The van der Waals surface area contributed by atoms with E-state index in [0.717, 1.165) is 33.8 Å². The number of amides is 1. The van der Waals surface area contributed by atoms with E-state index in [1.54, 1.807) is 7.11 Å². The predicted molar refractivity (Wildman–Crippen MR) is 111 cm³/mol. The van der Waals surface area contributed by atoms with Crippen LogP contribution in [-0.4, -0.2) is 19.6 Å². The largest absolute Gasteiger partial charge is 0.497 e. The average Bonchev–Trinajstić information content (AvgIpc) is 2.78. The first-order valence-corrected chi connectivity index (χ1v) is 9.39. The zero-order valence-corrected chi connectivity index (χ0v) is 15.8. The van der Waals surface area contributed by atoms with Gasteiger partial charge in [0.25, 0.3) is 5.91 Å². The van der Waals surface area contributed by atoms with Crippen LogP contribution in [0.1, 0.15) is 22.8 Å². The van der Waals surface area contributed by atoms with E-state index in [0.29, 0.717) is 11.4 Å². The Bertz CT molecular complexity index is 1120. The van der Waals surface area contributed by atoms with Crippen molar-refractivity contribution in [3.8, 4) is 17.2 Å². The van der Waals surface area contributed by atoms with Gasteiger partial charge < -0.3 is 19.5 Å². The molecule has 5 rings (SSSR count). The fourth-order valence-electron chi connectivity index (χ4n) is 3.68. The van der Waals surface area contributed by atoms with Crippen molar-refractivity contribution >= 4 is 23.2 Å². The Morgan fingerprint density at radius 2 is 1.83 bits per heavy atom. The summed E-state index contributed by atoms with van der Waals surface area (Å²) in [6, 6.07) is 21.7. The maximum atomic E-state index is 11.7. The monoisotopic (exact) mass is 385 g/mol. The van der Waals surface area contributed by atoms with Crippen LogP contribution in [0.25, 0.3) is 11.6 Å². The summed E-state index contributed by atoms with van der Waals surface area (Å²) in [7, 11) is 1.65. The number of methoxy groups -OCH3 is 1. The molecule has 0 spiro atoms. The van der Waals surface area contributed by atoms with Crippen LogP contribution in [0.4, 0.5) is 5.69 Å². The lowest BCUT2D eigenvalue weighted by Crippen LogP contribution is -2.25. The molecule has 2 aliphatic heterocycles. The van der Waals surface area contributed by atoms with Crippen molar-refractivity contribution in [1.82, 2.24) is 0 Å². The van der Waals surface area contributed by atoms with Crippen LogP contribution in [0.2, 0.25) is 0 Å². The van der Waals surface area contributed by atoms with E-state index in [1.165, 1.54) is 0 Å². The van der Waals surface area contributed by atoms with Crippen LogP contribution < -0.4 is 19.5 Å². The number of carbonyl (C=O) groups excluding carboxylic acids is 1. The molecule has 5 nitrogen and oxygen atoms in total. The van der Waals surface area contributed by atoms with Crippen LogP contribution in [0.15, 0.2) is 66.7 Å². The third kappa shape index (κ3) is 3.21. The zero-order chi connectivity index (χ0) is 19.8. The van der Waals surface area contributed by atoms with Crippen LogP contribution >= 0.6 is 0 Å². The number of nitrogens with one attached hydrogen (secondary N) is 1. The minimum absolute atomic E-state index is 0.0396. The van der Waals surface area contributed by atoms with Gasteiger partial charge >= 0.3 is 0 Å². The SMILES string of the molecule is COc1ccc2c(c1)C=C(c1ccc3c(c1)NC(=O)CO3)C(c1ccccc1)O2. The van der Waals surface area contributed by atoms with Crippen LogP contribution in [0.5, 0.6) is 17.2 Å². The van der Waals surface area contributed by atoms with E-state index in [4.69, 9.17) is 14.2 Å². The molecule has 2 aliphatic rings. The number of anilines is 1. The molecule has 0 aliphatic carbocycles. The van der Waals surface area contributed by atoms with E-state index >= 15 is 0 Å². The van der Waals surface area contributed by atoms with E-state index in [1.807, 2.05) is 54.6 Å². The van der Waals surface area contributed by atoms with Gasteiger partial charge in [0.1, 0.15) is 23.4 Å². The fraction of sp³-hybridized carbons (Fsp3) is 0.125. The van der Waals surface area contributed by atoms with Gasteiger partial charge in [0, 0.05) is 11.1 Å². The van der Waals surface area contributed by atoms with Gasteiger partial charge in [0.05, 0.1) is 12.8 Å². The van der Waals surface area contributed by atoms with Gasteiger partial charge in [-0.05, 0) is 47.5 Å². The first kappa shape index (κ1) is 17.4. The van der Waals surface area contributed by atoms with Gasteiger partial charge in [-0.15, -0.1) is 0 Å². The summed E-state index contributed by atoms with van der Waals surface area (Å²) in [4.78, 5) is 11.7. The molecule has 2 heterocycles. The van der Waals surface area contributed by atoms with E-state index in [-0.39, 0.29) is 18.6 Å². The number of hydrogen-bond donors (Lipinski definition) is 1. The van der Waals surface area contributed by atoms with Crippen molar-refractivity contribution in [2.75, 3.05) is 19.0 Å². The smallest absolute Gasteiger partial charge is 0.262 e. The quantitative estimate of drug-likeness (QED) is 0.710. The summed E-state index contributed by atoms with van der Waals surface area (Å²) < 4.78 is 17.3. The lowest BCUT2D eigenvalue weighted by Gasteiger charge is -2.29. The van der Waals surface area contributed by atoms with E-state index < -0.39 is 0 Å². The summed E-state index contributed by atoms with van der Waals surface area (Å²) in [5.74, 6) is 2.09. The molecule has 0 aromatic heterocycles. The standard InChI is InChI=1S/C24H19NO4/c1-27-18-8-10-21-17(11-18)12-19(24(29-21)15-5-3-2-4-6-15)16-7-9-22-20(13-16)25-23(26)14-28-22/h2-13,24H,14H2,1H3,(H,25,26). The van der Waals surface area contributed by atoms with Crippen molar-refractivity contribution in [1.29, 1.82) is 0 Å². The number of fused-ring (bicyclic) bond motifs is 2. The first-order chi connectivity index (χ1) is 14.2. The molecular weight excluding hydrogens is 366 g/mol. The number of hydrogen-bond acceptors (Lipinski definition) is 4. The molecule has 1 unspecified atom stereocenters. The second kappa shape index (κ2) is 7.02. The molecule has 29 heavy (non-hydrogen) atoms. The molecule has 0 bridgehead atoms. The Morgan fingerprint density at radius 1 is 1.00 bits per heavy atom. The Hall–Kier alpha value is -3.73. The molecular formula is C24H19NO4. The highest BCUT2D eigenvalue weighted by Crippen LogP contribution is 2.44. The zero-order valence-electron chi connectivity index (χ0n) is 15.8. The van der Waals surface area contributed by atoms with Crippen molar-refractivity contribution < 1.29 is 19.0 Å². The Balaban J connectivity index is 1.64. The Kier molecular flexibility index (Phi) is 4.21. The van der Waals surface area contributed by atoms with Gasteiger partial charge in [0.15, 0.2) is 6.61 Å². The molecule has 3 aromatic rings. The van der Waals surface area contributed by atoms with Crippen LogP contribution in [0.3, 0.4) is 0 Å². The third-order valence-electron chi connectivity index (χ3n) is 5.10. The maximum Gasteiger partial charge on any atom is 0.262 e. The van der Waals surface area contributed by atoms with Gasteiger partial charge in [-0.1, -0.05) is 36.4 Å². The van der Waals surface area contributed by atoms with Gasteiger partial charge in [-0.2, -0.15) is 0 Å². The van der Waals surface area contributed by atoms with E-state index in [9.17, 15) is 4.79 Å². The second-order valence-electron chi connectivity index (χ2n) is 6.96. The molecule has 144 valence electrons. The maximum absolute atomic E-state index is 11.7. The molecule has 5 heteroatoms. The van der Waals surface area contributed by atoms with Gasteiger partial charge in [-0.3, -0.25) is 4.79 Å². The molecule has 1 atom stereocenters. The number of rotatable bonds is 3. The number of carbonyl (C=O) groups is 1. The molecule has 0 radical (unpaired) electrons. The summed E-state index contributed by atoms with van der Waals surface area (Å²) in [6.07, 6.45) is 1.85. The van der Waals surface area contributed by atoms with Crippen molar-refractivity contribution in [3.05, 3.63) is 83.4 Å². The highest BCUT2D eigenvalue weighted by atomic mass is 16.5. The minimum atomic E-state index is -0.268. The number of benzene rings is 3. The average molecular weight is 385 g/mol. The second-order valence-corrected chi connectivity index (χ2v) is 6.96.